The summed E-state index contributed by atoms with van der Waals surface area (Å²) in [5, 5.41) is 0. The van der Waals surface area contributed by atoms with Crippen molar-refractivity contribution >= 4 is 0 Å². The second-order valence-corrected chi connectivity index (χ2v) is 6.93. The molecule has 1 saturated carbocycles. The summed E-state index contributed by atoms with van der Waals surface area (Å²) in [5.41, 5.74) is 2.94. The van der Waals surface area contributed by atoms with Gasteiger partial charge >= 0.3 is 0 Å². The fraction of sp³-hybridized carbons (Fsp3) is 0.556. The van der Waals surface area contributed by atoms with E-state index in [2.05, 4.69) is 37.8 Å². The van der Waals surface area contributed by atoms with Crippen LogP contribution in [0.5, 0.6) is 0 Å². The van der Waals surface area contributed by atoms with E-state index in [1.165, 1.54) is 44.1 Å². The van der Waals surface area contributed by atoms with Gasteiger partial charge in [0.15, 0.2) is 0 Å². The van der Waals surface area contributed by atoms with Gasteiger partial charge in [0.05, 0.1) is 14.9 Å². The minimum Gasteiger partial charge on any atom is -0.183 e. The molecule has 0 unspecified atom stereocenters. The second kappa shape index (κ2) is 10.1. The molecule has 1 aliphatic rings. The Morgan fingerprint density at radius 1 is 1.13 bits per heavy atom. The quantitative estimate of drug-likeness (QED) is 0.818. The van der Waals surface area contributed by atoms with Crippen LogP contribution in [0.4, 0.5) is 0 Å². The molecule has 1 N–H and O–H groups in total. The smallest absolute Gasteiger partial charge is 0.0777 e. The molecule has 0 spiro atoms. The van der Waals surface area contributed by atoms with Gasteiger partial charge in [-0.3, -0.25) is 0 Å². The summed E-state index contributed by atoms with van der Waals surface area (Å²) >= 11 is 0. The van der Waals surface area contributed by atoms with Crippen LogP contribution < -0.4 is 14.0 Å². The van der Waals surface area contributed by atoms with Crippen molar-refractivity contribution in [3.05, 3.63) is 48.0 Å². The number of benzene rings is 1. The fourth-order valence-electron chi connectivity index (χ4n) is 3.29. The molecule has 1 fully saturated rings. The van der Waals surface area contributed by atoms with Crippen molar-refractivity contribution in [1.29, 1.82) is 0 Å². The Balaban J connectivity index is 0.000000463. The first-order valence-corrected chi connectivity index (χ1v) is 9.42. The summed E-state index contributed by atoms with van der Waals surface area (Å²) in [6.07, 6.45) is 11.4. The molecule has 130 valence electrons. The van der Waals surface area contributed by atoms with E-state index < -0.39 is 10.2 Å². The molecule has 23 heavy (non-hydrogen) atoms. The molecule has 0 heterocycles. The third kappa shape index (κ3) is 9.08. The first-order valence-electron chi connectivity index (χ1n) is 8.16. The van der Waals surface area contributed by atoms with Crippen LogP contribution in [-0.2, 0) is 6.42 Å². The zero-order chi connectivity index (χ0) is 17.3. The van der Waals surface area contributed by atoms with Gasteiger partial charge in [-0.25, -0.2) is 0 Å². The summed E-state index contributed by atoms with van der Waals surface area (Å²) in [4.78, 5) is 0. The molecule has 0 saturated heterocycles. The molecule has 1 aromatic rings. The first kappa shape index (κ1) is 20.1. The van der Waals surface area contributed by atoms with Crippen molar-refractivity contribution in [1.82, 2.24) is 0 Å². The van der Waals surface area contributed by atoms with Gasteiger partial charge in [0.2, 0.25) is 0 Å². The zero-order valence-electron chi connectivity index (χ0n) is 13.7. The minimum absolute atomic E-state index is 0.816. The van der Waals surface area contributed by atoms with E-state index in [1.807, 2.05) is 6.08 Å². The molecule has 0 bridgehead atoms. The average molecular weight is 343 g/mol. The van der Waals surface area contributed by atoms with E-state index in [0.717, 1.165) is 18.3 Å². The molecule has 0 amide bonds. The Labute approximate surface area is 141 Å². The molecule has 5 heteroatoms. The Kier molecular flexibility index (Phi) is 8.81. The lowest BCUT2D eigenvalue weighted by Crippen LogP contribution is -2.58. The number of halogens is 1. The minimum atomic E-state index is -4.69. The molecule has 0 atom stereocenters. The van der Waals surface area contributed by atoms with Crippen LogP contribution in [-0.4, -0.2) is 4.66 Å². The van der Waals surface area contributed by atoms with Gasteiger partial charge in [0.1, 0.15) is 0 Å². The van der Waals surface area contributed by atoms with E-state index in [-0.39, 0.29) is 0 Å². The highest BCUT2D eigenvalue weighted by Crippen LogP contribution is 2.37. The van der Waals surface area contributed by atoms with Crippen molar-refractivity contribution < 1.29 is 28.9 Å². The van der Waals surface area contributed by atoms with E-state index in [4.69, 9.17) is 18.6 Å². The second-order valence-electron chi connectivity index (χ2n) is 6.14. The van der Waals surface area contributed by atoms with Gasteiger partial charge in [0, 0.05) is 0 Å². The van der Waals surface area contributed by atoms with Crippen LogP contribution in [0.2, 0.25) is 0 Å². The molecule has 1 aromatic carbocycles. The first-order chi connectivity index (χ1) is 10.8. The van der Waals surface area contributed by atoms with E-state index in [9.17, 15) is 0 Å². The average Bonchev–Trinajstić information content (AvgIpc) is 2.48. The third-order valence-electron chi connectivity index (χ3n) is 4.37. The topological polar surface area (TPSA) is 89.4 Å². The van der Waals surface area contributed by atoms with E-state index in [1.54, 1.807) is 5.56 Å². The fourth-order valence-corrected chi connectivity index (χ4v) is 3.29. The Morgan fingerprint density at radius 3 is 2.09 bits per heavy atom. The van der Waals surface area contributed by atoms with Crippen LogP contribution in [0.15, 0.2) is 36.9 Å². The Hall–Kier alpha value is -0.910. The predicted octanol–water partition coefficient (Wildman–Crippen LogP) is 1.36. The molecule has 2 rings (SSSR count). The van der Waals surface area contributed by atoms with Crippen LogP contribution in [0.25, 0.3) is 0 Å². The summed E-state index contributed by atoms with van der Waals surface area (Å²) in [5.74, 6) is 1.82. The predicted molar refractivity (Wildman–Crippen MR) is 82.2 cm³/mol. The largest absolute Gasteiger partial charge is 0.183 e. The van der Waals surface area contributed by atoms with Crippen molar-refractivity contribution in [3.63, 3.8) is 0 Å². The van der Waals surface area contributed by atoms with Crippen molar-refractivity contribution in [2.24, 2.45) is 5.92 Å². The highest BCUT2D eigenvalue weighted by atomic mass is 35.7. The maximum absolute atomic E-state index is 8.60. The Morgan fingerprint density at radius 2 is 1.65 bits per heavy atom. The maximum Gasteiger partial charge on any atom is 0.0777 e. The van der Waals surface area contributed by atoms with Crippen LogP contribution in [0.3, 0.4) is 0 Å². The van der Waals surface area contributed by atoms with Gasteiger partial charge in [-0.2, -0.15) is 14.0 Å². The summed E-state index contributed by atoms with van der Waals surface area (Å²) in [7, 11) is -4.69. The zero-order valence-corrected chi connectivity index (χ0v) is 14.5. The van der Waals surface area contributed by atoms with E-state index in [0.29, 0.717) is 0 Å². The molecular weight excluding hydrogens is 316 g/mol. The lowest BCUT2D eigenvalue weighted by molar-refractivity contribution is -1.92. The molecular formula is C18H27ClO4. The molecule has 1 aliphatic carbocycles. The highest BCUT2D eigenvalue weighted by molar-refractivity contribution is 5.26. The van der Waals surface area contributed by atoms with Crippen LogP contribution >= 0.6 is 0 Å². The van der Waals surface area contributed by atoms with Gasteiger partial charge < -0.3 is 0 Å². The maximum atomic E-state index is 8.60. The lowest BCUT2D eigenvalue weighted by Gasteiger charge is -2.28. The van der Waals surface area contributed by atoms with Crippen molar-refractivity contribution in [2.45, 2.75) is 57.8 Å². The van der Waals surface area contributed by atoms with Gasteiger partial charge in [-0.05, 0) is 55.1 Å². The summed E-state index contributed by atoms with van der Waals surface area (Å²) in [6, 6.07) is 9.22. The molecule has 4 nitrogen and oxygen atoms in total. The molecule has 0 radical (unpaired) electrons. The van der Waals surface area contributed by atoms with Crippen molar-refractivity contribution in [2.75, 3.05) is 0 Å². The van der Waals surface area contributed by atoms with Crippen LogP contribution in [0, 0.1) is 16.2 Å². The van der Waals surface area contributed by atoms with Gasteiger partial charge in [0.25, 0.3) is 0 Å². The third-order valence-corrected chi connectivity index (χ3v) is 4.37. The molecule has 0 aliphatic heterocycles. The monoisotopic (exact) mass is 342 g/mol. The lowest BCUT2D eigenvalue weighted by atomic mass is 9.77. The van der Waals surface area contributed by atoms with Crippen LogP contribution in [0.1, 0.15) is 62.5 Å². The summed E-state index contributed by atoms with van der Waals surface area (Å²) < 4.78 is 32.7. The van der Waals surface area contributed by atoms with Gasteiger partial charge in [-0.15, -0.1) is 6.58 Å². The number of rotatable bonds is 5. The summed E-state index contributed by atoms with van der Waals surface area (Å²) in [6.45, 7) is 6.10. The normalized spacial score (nSPS) is 21.3. The molecule has 0 aromatic heterocycles. The standard InChI is InChI=1S/C18H26.ClHO4/c1-3-5-15-7-11-17(12-8-15)18-13-9-16(6-4-2)10-14-18;2-1(3,4)5/h3,7-8,11-12,16,18H,1,4-6,9-10,13-14H2,2H3;(H,2,3,4,5). The van der Waals surface area contributed by atoms with Crippen molar-refractivity contribution in [3.8, 4) is 0 Å². The number of hydrogen-bond acceptors (Lipinski definition) is 4. The SMILES string of the molecule is C=CCc1ccc(C2CCC(CCC)CC2)cc1.[O-][Cl+3]([O-])([O-])O. The van der Waals surface area contributed by atoms with E-state index >= 15 is 0 Å². The highest BCUT2D eigenvalue weighted by Gasteiger charge is 2.21. The Bertz CT molecular complexity index is 439. The van der Waals surface area contributed by atoms with Gasteiger partial charge in [-0.1, -0.05) is 50.1 Å². The number of allylic oxidation sites excluding steroid dienone is 1. The number of hydrogen-bond donors (Lipinski definition) is 1.